The van der Waals surface area contributed by atoms with Crippen LogP contribution >= 0.6 is 0 Å². The maximum Gasteiger partial charge on any atom is 0.243 e. The van der Waals surface area contributed by atoms with E-state index < -0.39 is 10.0 Å². The first-order chi connectivity index (χ1) is 13.8. The van der Waals surface area contributed by atoms with Gasteiger partial charge in [0.2, 0.25) is 10.0 Å². The van der Waals surface area contributed by atoms with Crippen molar-refractivity contribution in [2.45, 2.75) is 38.6 Å². The van der Waals surface area contributed by atoms with E-state index in [1.807, 2.05) is 57.2 Å². The Hall–Kier alpha value is -2.50. The Labute approximate surface area is 171 Å². The summed E-state index contributed by atoms with van der Waals surface area (Å²) in [4.78, 5) is 0.412. The highest BCUT2D eigenvalue weighted by Crippen LogP contribution is 2.32. The van der Waals surface area contributed by atoms with Gasteiger partial charge < -0.3 is 0 Å². The first-order valence-electron chi connectivity index (χ1n) is 9.72. The van der Waals surface area contributed by atoms with E-state index in [4.69, 9.17) is 0 Å². The van der Waals surface area contributed by atoms with Crippen LogP contribution < -0.4 is 0 Å². The zero-order valence-corrected chi connectivity index (χ0v) is 17.7. The summed E-state index contributed by atoms with van der Waals surface area (Å²) >= 11 is 0. The summed E-state index contributed by atoms with van der Waals surface area (Å²) in [5.41, 5.74) is 6.06. The molecule has 0 radical (unpaired) electrons. The first kappa shape index (κ1) is 19.8. The predicted octanol–water partition coefficient (Wildman–Crippen LogP) is 5.16. The fourth-order valence-corrected chi connectivity index (χ4v) is 6.13. The molecule has 0 N–H and O–H groups in total. The molecule has 3 aromatic carbocycles. The van der Waals surface area contributed by atoms with Crippen LogP contribution in [0.1, 0.15) is 27.8 Å². The number of nitrogens with zero attached hydrogens (tertiary/aromatic N) is 1. The second kappa shape index (κ2) is 7.39. The van der Waals surface area contributed by atoms with Crippen LogP contribution in [0.2, 0.25) is 0 Å². The quantitative estimate of drug-likeness (QED) is 0.599. The van der Waals surface area contributed by atoms with Gasteiger partial charge in [-0.05, 0) is 61.1 Å². The van der Waals surface area contributed by atoms with Crippen molar-refractivity contribution < 1.29 is 12.8 Å². The van der Waals surface area contributed by atoms with Gasteiger partial charge >= 0.3 is 0 Å². The average Bonchev–Trinajstić information content (AvgIpc) is 2.66. The summed E-state index contributed by atoms with van der Waals surface area (Å²) < 4.78 is 42.4. The molecule has 5 heteroatoms. The van der Waals surface area contributed by atoms with Gasteiger partial charge in [0.25, 0.3) is 0 Å². The lowest BCUT2D eigenvalue weighted by molar-refractivity contribution is 0.391. The molecule has 0 atom stereocenters. The van der Waals surface area contributed by atoms with Gasteiger partial charge in [0.05, 0.1) is 4.90 Å². The minimum atomic E-state index is -3.58. The molecule has 150 valence electrons. The third-order valence-electron chi connectivity index (χ3n) is 5.57. The molecule has 3 aromatic rings. The minimum Gasteiger partial charge on any atom is -0.207 e. The van der Waals surface area contributed by atoms with E-state index in [-0.39, 0.29) is 5.82 Å². The topological polar surface area (TPSA) is 37.4 Å². The first-order valence-corrected chi connectivity index (χ1v) is 11.2. The molecule has 1 aliphatic rings. The molecular weight excluding hydrogens is 385 g/mol. The summed E-state index contributed by atoms with van der Waals surface area (Å²) in [7, 11) is -3.58. The Balaban J connectivity index is 1.67. The normalized spacial score (nSPS) is 14.6. The molecule has 0 unspecified atom stereocenters. The van der Waals surface area contributed by atoms with Crippen LogP contribution in [-0.4, -0.2) is 19.3 Å². The van der Waals surface area contributed by atoms with Gasteiger partial charge in [0.1, 0.15) is 5.82 Å². The van der Waals surface area contributed by atoms with Crippen LogP contribution in [0.3, 0.4) is 0 Å². The summed E-state index contributed by atoms with van der Waals surface area (Å²) in [5.74, 6) is -0.252. The second-order valence-corrected chi connectivity index (χ2v) is 9.65. The van der Waals surface area contributed by atoms with Crippen LogP contribution in [0.4, 0.5) is 4.39 Å². The third kappa shape index (κ3) is 3.61. The Kier molecular flexibility index (Phi) is 5.05. The molecule has 0 saturated carbocycles. The summed E-state index contributed by atoms with van der Waals surface area (Å²) in [6.45, 7) is 6.43. The zero-order valence-electron chi connectivity index (χ0n) is 16.9. The van der Waals surface area contributed by atoms with E-state index in [9.17, 15) is 12.8 Å². The van der Waals surface area contributed by atoms with Crippen LogP contribution in [0.15, 0.2) is 59.5 Å². The lowest BCUT2D eigenvalue weighted by Gasteiger charge is -2.29. The van der Waals surface area contributed by atoms with Crippen molar-refractivity contribution in [2.75, 3.05) is 6.54 Å². The van der Waals surface area contributed by atoms with E-state index in [0.29, 0.717) is 30.0 Å². The van der Waals surface area contributed by atoms with Crippen LogP contribution in [0.25, 0.3) is 11.1 Å². The summed E-state index contributed by atoms with van der Waals surface area (Å²) in [6, 6.07) is 16.3. The van der Waals surface area contributed by atoms with E-state index >= 15 is 0 Å². The Morgan fingerprint density at radius 2 is 1.59 bits per heavy atom. The highest BCUT2D eigenvalue weighted by Gasteiger charge is 2.31. The third-order valence-corrected chi connectivity index (χ3v) is 7.72. The molecule has 1 heterocycles. The number of fused-ring (bicyclic) bond motifs is 1. The molecule has 0 amide bonds. The van der Waals surface area contributed by atoms with Crippen LogP contribution in [0.5, 0.6) is 0 Å². The fourth-order valence-electron chi connectivity index (χ4n) is 4.30. The smallest absolute Gasteiger partial charge is 0.207 e. The van der Waals surface area contributed by atoms with Crippen molar-refractivity contribution >= 4 is 10.0 Å². The van der Waals surface area contributed by atoms with Gasteiger partial charge in [-0.1, -0.05) is 54.1 Å². The molecule has 0 spiro atoms. The Morgan fingerprint density at radius 1 is 0.897 bits per heavy atom. The van der Waals surface area contributed by atoms with Crippen molar-refractivity contribution in [1.29, 1.82) is 0 Å². The van der Waals surface area contributed by atoms with Gasteiger partial charge in [-0.15, -0.1) is 0 Å². The second-order valence-electron chi connectivity index (χ2n) is 7.78. The molecule has 0 bridgehead atoms. The van der Waals surface area contributed by atoms with Gasteiger partial charge in [-0.2, -0.15) is 4.31 Å². The number of rotatable bonds is 3. The van der Waals surface area contributed by atoms with Crippen molar-refractivity contribution in [2.24, 2.45) is 0 Å². The molecule has 29 heavy (non-hydrogen) atoms. The van der Waals surface area contributed by atoms with E-state index in [1.54, 1.807) is 16.4 Å². The molecule has 0 aliphatic carbocycles. The lowest BCUT2D eigenvalue weighted by Crippen LogP contribution is -2.36. The summed E-state index contributed by atoms with van der Waals surface area (Å²) in [6.07, 6.45) is 0.612. The standard InChI is InChI=1S/C24H24FNO2S/c1-16-12-17(2)24(18(3)13-16)29(27,28)26-11-10-19-14-20(8-9-21(19)15-26)22-6-4-5-7-23(22)25/h4-9,12-14H,10-11,15H2,1-3H3. The number of aryl methyl sites for hydroxylation is 3. The Morgan fingerprint density at radius 3 is 2.28 bits per heavy atom. The number of hydrogen-bond acceptors (Lipinski definition) is 2. The number of halogens is 1. The molecule has 0 fully saturated rings. The molecule has 4 rings (SSSR count). The largest absolute Gasteiger partial charge is 0.243 e. The average molecular weight is 410 g/mol. The molecular formula is C24H24FNO2S. The highest BCUT2D eigenvalue weighted by atomic mass is 32.2. The van der Waals surface area contributed by atoms with Crippen molar-refractivity contribution in [3.8, 4) is 11.1 Å². The van der Waals surface area contributed by atoms with Gasteiger partial charge in [-0.3, -0.25) is 0 Å². The summed E-state index contributed by atoms with van der Waals surface area (Å²) in [5, 5.41) is 0. The predicted molar refractivity (Wildman–Crippen MR) is 114 cm³/mol. The molecule has 1 aliphatic heterocycles. The monoisotopic (exact) mass is 409 g/mol. The SMILES string of the molecule is Cc1cc(C)c(S(=O)(=O)N2CCc3cc(-c4ccccc4F)ccc3C2)c(C)c1. The zero-order chi connectivity index (χ0) is 20.8. The van der Waals surface area contributed by atoms with Crippen LogP contribution in [0, 0.1) is 26.6 Å². The van der Waals surface area contributed by atoms with Crippen LogP contribution in [-0.2, 0) is 23.0 Å². The number of hydrogen-bond donors (Lipinski definition) is 0. The van der Waals surface area contributed by atoms with E-state index in [2.05, 4.69) is 0 Å². The maximum atomic E-state index is 14.1. The number of sulfonamides is 1. The Bertz CT molecular complexity index is 1180. The molecule has 0 aromatic heterocycles. The van der Waals surface area contributed by atoms with Crippen molar-refractivity contribution in [1.82, 2.24) is 4.31 Å². The lowest BCUT2D eigenvalue weighted by atomic mass is 9.95. The van der Waals surface area contributed by atoms with Gasteiger partial charge in [0.15, 0.2) is 0 Å². The highest BCUT2D eigenvalue weighted by molar-refractivity contribution is 7.89. The van der Waals surface area contributed by atoms with Gasteiger partial charge in [-0.25, -0.2) is 12.8 Å². The molecule has 3 nitrogen and oxygen atoms in total. The van der Waals surface area contributed by atoms with Crippen molar-refractivity contribution in [3.05, 3.63) is 88.2 Å². The minimum absolute atomic E-state index is 0.252. The van der Waals surface area contributed by atoms with Gasteiger partial charge in [0, 0.05) is 18.7 Å². The van der Waals surface area contributed by atoms with E-state index in [0.717, 1.165) is 33.4 Å². The maximum absolute atomic E-state index is 14.1. The fraction of sp³-hybridized carbons (Fsp3) is 0.250. The van der Waals surface area contributed by atoms with E-state index in [1.165, 1.54) is 6.07 Å². The number of benzene rings is 3. The molecule has 0 saturated heterocycles. The van der Waals surface area contributed by atoms with Crippen molar-refractivity contribution in [3.63, 3.8) is 0 Å².